The lowest BCUT2D eigenvalue weighted by molar-refractivity contribution is -0.161. The number of rotatable bonds is 38. The number of hydrogen-bond donors (Lipinski definition) is 0. The van der Waals surface area contributed by atoms with Gasteiger partial charge in [-0.3, -0.25) is 9.59 Å². The van der Waals surface area contributed by atoms with Crippen molar-refractivity contribution < 1.29 is 19.1 Å². The Bertz CT molecular complexity index is 778. The van der Waals surface area contributed by atoms with Crippen molar-refractivity contribution in [3.05, 3.63) is 0 Å². The molecule has 1 unspecified atom stereocenters. The van der Waals surface area contributed by atoms with Gasteiger partial charge in [-0.1, -0.05) is 178 Å². The van der Waals surface area contributed by atoms with Gasteiger partial charge in [-0.2, -0.15) is 0 Å². The zero-order valence-corrected chi connectivity index (χ0v) is 37.1. The summed E-state index contributed by atoms with van der Waals surface area (Å²) < 4.78 is 12.1. The number of alkyl halides is 1. The maximum Gasteiger partial charge on any atom is 0.311 e. The molecule has 5 heteroatoms. The fourth-order valence-corrected chi connectivity index (χ4v) is 7.73. The van der Waals surface area contributed by atoms with Gasteiger partial charge >= 0.3 is 11.9 Å². The third-order valence-corrected chi connectivity index (χ3v) is 12.0. The van der Waals surface area contributed by atoms with E-state index in [2.05, 4.69) is 64.4 Å². The number of unbranched alkanes of at least 4 members (excludes halogenated alkanes) is 21. The van der Waals surface area contributed by atoms with Gasteiger partial charge in [-0.15, -0.1) is 0 Å². The van der Waals surface area contributed by atoms with E-state index >= 15 is 0 Å². The predicted octanol–water partition coefficient (Wildman–Crippen LogP) is 15.7. The van der Waals surface area contributed by atoms with Crippen molar-refractivity contribution in [2.24, 2.45) is 16.7 Å². The maximum absolute atomic E-state index is 13.4. The summed E-state index contributed by atoms with van der Waals surface area (Å²) in [5.74, 6) is 0.320. The minimum atomic E-state index is -0.463. The Kier molecular flexibility index (Phi) is 33.6. The molecule has 0 rings (SSSR count). The molecular formula is C46H89BrO4. The number of hydrogen-bond acceptors (Lipinski definition) is 4. The van der Waals surface area contributed by atoms with Crippen LogP contribution >= 0.6 is 15.9 Å². The Labute approximate surface area is 328 Å². The van der Waals surface area contributed by atoms with Gasteiger partial charge in [0.25, 0.3) is 0 Å². The molecule has 0 aliphatic heterocycles. The monoisotopic (exact) mass is 785 g/mol. The molecule has 0 aromatic rings. The van der Waals surface area contributed by atoms with Crippen molar-refractivity contribution >= 4 is 27.9 Å². The van der Waals surface area contributed by atoms with E-state index in [0.717, 1.165) is 82.4 Å². The van der Waals surface area contributed by atoms with Crippen molar-refractivity contribution in [3.8, 4) is 0 Å². The average molecular weight is 786 g/mol. The van der Waals surface area contributed by atoms with Crippen LogP contribution in [-0.4, -0.2) is 30.0 Å². The van der Waals surface area contributed by atoms with Crippen LogP contribution in [0.1, 0.15) is 248 Å². The highest BCUT2D eigenvalue weighted by Gasteiger charge is 2.37. The zero-order valence-electron chi connectivity index (χ0n) is 35.5. The number of halogens is 1. The zero-order chi connectivity index (χ0) is 38.1. The topological polar surface area (TPSA) is 52.6 Å². The number of ether oxygens (including phenoxy) is 2. The molecule has 0 bridgehead atoms. The predicted molar refractivity (Wildman–Crippen MR) is 226 cm³/mol. The molecule has 0 aromatic heterocycles. The minimum Gasteiger partial charge on any atom is -0.465 e. The van der Waals surface area contributed by atoms with E-state index in [1.807, 2.05) is 0 Å². The summed E-state index contributed by atoms with van der Waals surface area (Å²) in [6.07, 6.45) is 37.4. The molecule has 0 fully saturated rings. The molecular weight excluding hydrogens is 696 g/mol. The Morgan fingerprint density at radius 2 is 0.882 bits per heavy atom. The van der Waals surface area contributed by atoms with Gasteiger partial charge in [-0.25, -0.2) is 0 Å². The summed E-state index contributed by atoms with van der Waals surface area (Å²) in [5.41, 5.74) is -0.912. The summed E-state index contributed by atoms with van der Waals surface area (Å²) in [6, 6.07) is 0. The Balaban J connectivity index is 4.56. The first-order chi connectivity index (χ1) is 24.6. The first-order valence-corrected chi connectivity index (χ1v) is 23.6. The van der Waals surface area contributed by atoms with E-state index in [-0.39, 0.29) is 18.0 Å². The summed E-state index contributed by atoms with van der Waals surface area (Å²) >= 11 is 3.61. The lowest BCUT2D eigenvalue weighted by Crippen LogP contribution is -2.35. The molecule has 304 valence electrons. The molecule has 0 aliphatic carbocycles. The van der Waals surface area contributed by atoms with Crippen LogP contribution in [0.2, 0.25) is 0 Å². The van der Waals surface area contributed by atoms with E-state index in [4.69, 9.17) is 9.47 Å². The van der Waals surface area contributed by atoms with Gasteiger partial charge in [0.05, 0.1) is 17.4 Å². The quantitative estimate of drug-likeness (QED) is 0.0355. The van der Waals surface area contributed by atoms with Gasteiger partial charge in [0.1, 0.15) is 6.10 Å². The summed E-state index contributed by atoms with van der Waals surface area (Å²) in [4.78, 5) is 26.6. The SMILES string of the molecule is CCCCCCCCCCCC(CCCBr)C(C)(C)C(=O)OCCCCCCC(C)(C)C(=O)OC(CCCCCCCC)CCCCCCCC. The van der Waals surface area contributed by atoms with Crippen LogP contribution in [0.3, 0.4) is 0 Å². The van der Waals surface area contributed by atoms with Gasteiger partial charge < -0.3 is 9.47 Å². The number of carbonyl (C=O) groups is 2. The molecule has 4 nitrogen and oxygen atoms in total. The molecule has 0 amide bonds. The summed E-state index contributed by atoms with van der Waals surface area (Å²) in [5, 5.41) is 0.986. The first kappa shape index (κ1) is 50.4. The van der Waals surface area contributed by atoms with Crippen LogP contribution in [0.15, 0.2) is 0 Å². The molecule has 0 saturated heterocycles. The van der Waals surface area contributed by atoms with E-state index in [1.54, 1.807) is 0 Å². The molecule has 0 aromatic carbocycles. The lowest BCUT2D eigenvalue weighted by Gasteiger charge is -2.32. The van der Waals surface area contributed by atoms with Crippen molar-refractivity contribution in [1.29, 1.82) is 0 Å². The van der Waals surface area contributed by atoms with Crippen LogP contribution in [0.4, 0.5) is 0 Å². The Morgan fingerprint density at radius 3 is 1.35 bits per heavy atom. The van der Waals surface area contributed by atoms with Crippen molar-refractivity contribution in [2.45, 2.75) is 254 Å². The average Bonchev–Trinajstić information content (AvgIpc) is 3.10. The van der Waals surface area contributed by atoms with Crippen molar-refractivity contribution in [2.75, 3.05) is 11.9 Å². The van der Waals surface area contributed by atoms with Crippen molar-refractivity contribution in [3.63, 3.8) is 0 Å². The highest BCUT2D eigenvalue weighted by molar-refractivity contribution is 9.09. The van der Waals surface area contributed by atoms with E-state index < -0.39 is 10.8 Å². The van der Waals surface area contributed by atoms with E-state index in [0.29, 0.717) is 12.5 Å². The number of carbonyl (C=O) groups excluding carboxylic acids is 2. The normalized spacial score (nSPS) is 12.8. The van der Waals surface area contributed by atoms with Gasteiger partial charge in [0.15, 0.2) is 0 Å². The van der Waals surface area contributed by atoms with Gasteiger partial charge in [0.2, 0.25) is 0 Å². The van der Waals surface area contributed by atoms with E-state index in [1.165, 1.54) is 122 Å². The smallest absolute Gasteiger partial charge is 0.311 e. The van der Waals surface area contributed by atoms with Crippen LogP contribution in [0.5, 0.6) is 0 Å². The second-order valence-corrected chi connectivity index (χ2v) is 18.0. The van der Waals surface area contributed by atoms with Crippen LogP contribution < -0.4 is 0 Å². The summed E-state index contributed by atoms with van der Waals surface area (Å²) in [6.45, 7) is 15.6. The first-order valence-electron chi connectivity index (χ1n) is 22.5. The van der Waals surface area contributed by atoms with Crippen LogP contribution in [0.25, 0.3) is 0 Å². The minimum absolute atomic E-state index is 0.0162. The van der Waals surface area contributed by atoms with Crippen LogP contribution in [-0.2, 0) is 19.1 Å². The molecule has 0 heterocycles. The highest BCUT2D eigenvalue weighted by atomic mass is 79.9. The molecule has 51 heavy (non-hydrogen) atoms. The molecule has 0 spiro atoms. The lowest BCUT2D eigenvalue weighted by atomic mass is 9.74. The summed E-state index contributed by atoms with van der Waals surface area (Å²) in [7, 11) is 0. The van der Waals surface area contributed by atoms with Crippen LogP contribution in [0, 0.1) is 16.7 Å². The molecule has 0 saturated carbocycles. The molecule has 0 N–H and O–H groups in total. The van der Waals surface area contributed by atoms with Gasteiger partial charge in [0, 0.05) is 5.33 Å². The highest BCUT2D eigenvalue weighted by Crippen LogP contribution is 2.36. The molecule has 1 atom stereocenters. The Hall–Kier alpha value is -0.580. The largest absolute Gasteiger partial charge is 0.465 e. The maximum atomic E-state index is 13.4. The second kappa shape index (κ2) is 33.9. The second-order valence-electron chi connectivity index (χ2n) is 17.2. The Morgan fingerprint density at radius 1 is 0.490 bits per heavy atom. The van der Waals surface area contributed by atoms with Gasteiger partial charge in [-0.05, 0) is 91.4 Å². The third-order valence-electron chi connectivity index (χ3n) is 11.4. The number of esters is 2. The standard InChI is InChI=1S/C46H89BrO4/c1-8-11-14-17-20-21-22-23-28-34-41(35-33-39-47)46(6,7)44(49)50-40-32-27-26-31-38-45(4,5)43(48)51-42(36-29-24-18-15-12-9-2)37-30-25-19-16-13-10-3/h41-42H,8-40H2,1-7H3. The van der Waals surface area contributed by atoms with E-state index in [9.17, 15) is 9.59 Å². The third kappa shape index (κ3) is 27.6. The fraction of sp³-hybridized carbons (Fsp3) is 0.957. The fourth-order valence-electron chi connectivity index (χ4n) is 7.41. The molecule has 0 radical (unpaired) electrons. The van der Waals surface area contributed by atoms with Crippen molar-refractivity contribution in [1.82, 2.24) is 0 Å². The molecule has 0 aliphatic rings.